The number of rotatable bonds is 5. The SMILES string of the molecule is Cc1ccc(CCNC(=O)c2ccc3c(c2)N(C)C(=O)C(=Cc2ccccc2Cl)S3)cc1. The van der Waals surface area contributed by atoms with Crippen LogP contribution in [0, 0.1) is 6.92 Å². The first-order valence-corrected chi connectivity index (χ1v) is 11.5. The van der Waals surface area contributed by atoms with Crippen LogP contribution in [0.3, 0.4) is 0 Å². The van der Waals surface area contributed by atoms with E-state index in [9.17, 15) is 9.59 Å². The lowest BCUT2D eigenvalue weighted by Crippen LogP contribution is -2.31. The molecule has 0 unspecified atom stereocenters. The number of nitrogens with one attached hydrogen (secondary N) is 1. The Bertz CT molecular complexity index is 1200. The maximum Gasteiger partial charge on any atom is 0.264 e. The minimum Gasteiger partial charge on any atom is -0.352 e. The molecule has 0 bridgehead atoms. The fourth-order valence-electron chi connectivity index (χ4n) is 3.45. The van der Waals surface area contributed by atoms with Crippen LogP contribution in [0.25, 0.3) is 6.08 Å². The third kappa shape index (κ3) is 4.90. The fourth-order valence-corrected chi connectivity index (χ4v) is 4.72. The van der Waals surface area contributed by atoms with Crippen molar-refractivity contribution in [2.75, 3.05) is 18.5 Å². The van der Waals surface area contributed by atoms with Crippen LogP contribution in [-0.2, 0) is 11.2 Å². The minimum absolute atomic E-state index is 0.126. The van der Waals surface area contributed by atoms with Gasteiger partial charge in [-0.05, 0) is 54.8 Å². The molecule has 0 radical (unpaired) electrons. The number of anilines is 1. The fraction of sp³-hybridized carbons (Fsp3) is 0.154. The highest BCUT2D eigenvalue weighted by atomic mass is 35.5. The van der Waals surface area contributed by atoms with Crippen LogP contribution in [0.1, 0.15) is 27.0 Å². The number of aryl methyl sites for hydroxylation is 1. The van der Waals surface area contributed by atoms with Crippen molar-refractivity contribution in [3.05, 3.63) is 98.9 Å². The van der Waals surface area contributed by atoms with Gasteiger partial charge in [0.05, 0.1) is 10.6 Å². The van der Waals surface area contributed by atoms with Crippen molar-refractivity contribution < 1.29 is 9.59 Å². The van der Waals surface area contributed by atoms with Crippen LogP contribution in [-0.4, -0.2) is 25.4 Å². The third-order valence-corrected chi connectivity index (χ3v) is 6.75. The van der Waals surface area contributed by atoms with E-state index in [1.165, 1.54) is 22.9 Å². The molecule has 0 spiro atoms. The second-order valence-corrected chi connectivity index (χ2v) is 9.16. The zero-order chi connectivity index (χ0) is 22.7. The van der Waals surface area contributed by atoms with Gasteiger partial charge in [-0.1, -0.05) is 71.4 Å². The Morgan fingerprint density at radius 2 is 1.84 bits per heavy atom. The molecule has 3 aromatic carbocycles. The molecule has 0 saturated carbocycles. The number of amides is 2. The normalized spacial score (nSPS) is 14.4. The van der Waals surface area contributed by atoms with E-state index in [1.807, 2.05) is 24.3 Å². The molecule has 4 nitrogen and oxygen atoms in total. The number of likely N-dealkylation sites (N-methyl/N-ethyl adjacent to an activating group) is 1. The lowest BCUT2D eigenvalue weighted by atomic mass is 10.1. The van der Waals surface area contributed by atoms with Crippen LogP contribution in [0.2, 0.25) is 5.02 Å². The van der Waals surface area contributed by atoms with E-state index in [4.69, 9.17) is 11.6 Å². The second kappa shape index (κ2) is 9.63. The maximum atomic E-state index is 12.9. The third-order valence-electron chi connectivity index (χ3n) is 5.33. The van der Waals surface area contributed by atoms with Gasteiger partial charge in [-0.3, -0.25) is 9.59 Å². The first-order chi connectivity index (χ1) is 15.4. The summed E-state index contributed by atoms with van der Waals surface area (Å²) in [5.41, 5.74) is 4.45. The Morgan fingerprint density at radius 3 is 2.59 bits per heavy atom. The number of nitrogens with zero attached hydrogens (tertiary/aromatic N) is 1. The van der Waals surface area contributed by atoms with Crippen molar-refractivity contribution in [3.8, 4) is 0 Å². The largest absolute Gasteiger partial charge is 0.352 e. The Hall–Kier alpha value is -3.02. The van der Waals surface area contributed by atoms with Gasteiger partial charge in [-0.2, -0.15) is 0 Å². The number of hydrogen-bond donors (Lipinski definition) is 1. The summed E-state index contributed by atoms with van der Waals surface area (Å²) in [6.07, 6.45) is 2.57. The van der Waals surface area contributed by atoms with E-state index < -0.39 is 0 Å². The molecule has 1 aliphatic rings. The molecule has 3 aromatic rings. The summed E-state index contributed by atoms with van der Waals surface area (Å²) in [4.78, 5) is 28.7. The number of thioether (sulfide) groups is 1. The van der Waals surface area contributed by atoms with Crippen molar-refractivity contribution in [1.82, 2.24) is 5.32 Å². The molecule has 1 N–H and O–H groups in total. The molecule has 2 amide bonds. The molecule has 162 valence electrons. The van der Waals surface area contributed by atoms with Crippen molar-refractivity contribution >= 4 is 46.9 Å². The Labute approximate surface area is 197 Å². The van der Waals surface area contributed by atoms with Gasteiger partial charge in [0.1, 0.15) is 0 Å². The molecular formula is C26H23ClN2O2S. The topological polar surface area (TPSA) is 49.4 Å². The van der Waals surface area contributed by atoms with Crippen molar-refractivity contribution in [2.45, 2.75) is 18.2 Å². The van der Waals surface area contributed by atoms with Gasteiger partial charge in [0, 0.05) is 29.1 Å². The average Bonchev–Trinajstić information content (AvgIpc) is 2.79. The molecule has 0 aromatic heterocycles. The highest BCUT2D eigenvalue weighted by Gasteiger charge is 2.27. The van der Waals surface area contributed by atoms with Crippen LogP contribution in [0.5, 0.6) is 0 Å². The second-order valence-electron chi connectivity index (χ2n) is 7.67. The van der Waals surface area contributed by atoms with E-state index in [0.29, 0.717) is 22.0 Å². The zero-order valence-electron chi connectivity index (χ0n) is 17.9. The van der Waals surface area contributed by atoms with E-state index in [1.54, 1.807) is 36.2 Å². The average molecular weight is 463 g/mol. The van der Waals surface area contributed by atoms with Crippen LogP contribution >= 0.6 is 23.4 Å². The number of hydrogen-bond acceptors (Lipinski definition) is 3. The predicted octanol–water partition coefficient (Wildman–Crippen LogP) is 5.73. The summed E-state index contributed by atoms with van der Waals surface area (Å²) >= 11 is 7.64. The predicted molar refractivity (Wildman–Crippen MR) is 132 cm³/mol. The highest BCUT2D eigenvalue weighted by molar-refractivity contribution is 8.04. The molecule has 0 aliphatic carbocycles. The summed E-state index contributed by atoms with van der Waals surface area (Å²) in [6, 6.07) is 21.2. The zero-order valence-corrected chi connectivity index (χ0v) is 19.5. The Balaban J connectivity index is 1.47. The molecule has 6 heteroatoms. The number of carbonyl (C=O) groups excluding carboxylic acids is 2. The first kappa shape index (κ1) is 22.2. The summed E-state index contributed by atoms with van der Waals surface area (Å²) < 4.78 is 0. The molecule has 1 aliphatic heterocycles. The lowest BCUT2D eigenvalue weighted by Gasteiger charge is -2.27. The van der Waals surface area contributed by atoms with Gasteiger partial charge in [0.25, 0.3) is 11.8 Å². The molecule has 0 saturated heterocycles. The van der Waals surface area contributed by atoms with Gasteiger partial charge >= 0.3 is 0 Å². The summed E-state index contributed by atoms with van der Waals surface area (Å²) in [5.74, 6) is -0.275. The van der Waals surface area contributed by atoms with E-state index >= 15 is 0 Å². The molecule has 1 heterocycles. The van der Waals surface area contributed by atoms with Gasteiger partial charge in [-0.25, -0.2) is 0 Å². The quantitative estimate of drug-likeness (QED) is 0.492. The standard InChI is InChI=1S/C26H23ClN2O2S/c1-17-7-9-18(10-8-17)13-14-28-25(30)20-11-12-23-22(15-20)29(2)26(31)24(32-23)16-19-5-3-4-6-21(19)27/h3-12,15-16H,13-14H2,1-2H3,(H,28,30). The molecule has 0 fully saturated rings. The summed E-state index contributed by atoms with van der Waals surface area (Å²) in [5, 5.41) is 3.56. The van der Waals surface area contributed by atoms with Crippen LogP contribution < -0.4 is 10.2 Å². The van der Waals surface area contributed by atoms with Gasteiger partial charge < -0.3 is 10.2 Å². The number of halogens is 1. The van der Waals surface area contributed by atoms with E-state index in [2.05, 4.69) is 36.5 Å². The maximum absolute atomic E-state index is 12.9. The van der Waals surface area contributed by atoms with Crippen LogP contribution in [0.15, 0.2) is 76.5 Å². The van der Waals surface area contributed by atoms with E-state index in [-0.39, 0.29) is 11.8 Å². The smallest absolute Gasteiger partial charge is 0.264 e. The van der Waals surface area contributed by atoms with Crippen molar-refractivity contribution in [3.63, 3.8) is 0 Å². The number of benzene rings is 3. The minimum atomic E-state index is -0.150. The highest BCUT2D eigenvalue weighted by Crippen LogP contribution is 2.42. The first-order valence-electron chi connectivity index (χ1n) is 10.3. The lowest BCUT2D eigenvalue weighted by molar-refractivity contribution is -0.114. The number of carbonyl (C=O) groups is 2. The summed E-state index contributed by atoms with van der Waals surface area (Å²) in [6.45, 7) is 2.60. The molecule has 0 atom stereocenters. The van der Waals surface area contributed by atoms with Gasteiger partial charge in [-0.15, -0.1) is 0 Å². The van der Waals surface area contributed by atoms with E-state index in [0.717, 1.165) is 22.6 Å². The van der Waals surface area contributed by atoms with Crippen molar-refractivity contribution in [1.29, 1.82) is 0 Å². The number of fused-ring (bicyclic) bond motifs is 1. The molecular weight excluding hydrogens is 440 g/mol. The Kier molecular flexibility index (Phi) is 6.68. The monoisotopic (exact) mass is 462 g/mol. The molecule has 4 rings (SSSR count). The van der Waals surface area contributed by atoms with Crippen molar-refractivity contribution in [2.24, 2.45) is 0 Å². The molecule has 32 heavy (non-hydrogen) atoms. The van der Waals surface area contributed by atoms with Crippen LogP contribution in [0.4, 0.5) is 5.69 Å². The Morgan fingerprint density at radius 1 is 1.09 bits per heavy atom. The summed E-state index contributed by atoms with van der Waals surface area (Å²) in [7, 11) is 1.72. The van der Waals surface area contributed by atoms with Gasteiger partial charge in [0.2, 0.25) is 0 Å². The van der Waals surface area contributed by atoms with Gasteiger partial charge in [0.15, 0.2) is 0 Å².